The summed E-state index contributed by atoms with van der Waals surface area (Å²) in [5, 5.41) is 8.62. The molecule has 0 bridgehead atoms. The van der Waals surface area contributed by atoms with E-state index in [2.05, 4.69) is 9.05 Å². The number of nitriles is 1. The van der Waals surface area contributed by atoms with Crippen molar-refractivity contribution in [3.63, 3.8) is 0 Å². The molecule has 0 amide bonds. The maximum Gasteiger partial charge on any atom is 0.404 e. The van der Waals surface area contributed by atoms with Crippen LogP contribution in [0, 0.1) is 11.3 Å². The Labute approximate surface area is 110 Å². The molecule has 0 aromatic heterocycles. The maximum atomic E-state index is 14.2. The molecular weight excluding hydrogens is 275 g/mol. The minimum Gasteiger partial charge on any atom is -0.304 e. The summed E-state index contributed by atoms with van der Waals surface area (Å²) in [5.41, 5.74) is -4.02. The lowest BCUT2D eigenvalue weighted by Gasteiger charge is -2.25. The molecule has 0 fully saturated rings. The summed E-state index contributed by atoms with van der Waals surface area (Å²) < 4.78 is 49.9. The molecule has 0 heterocycles. The second-order valence-corrected chi connectivity index (χ2v) is 5.64. The van der Waals surface area contributed by atoms with Crippen LogP contribution in [0.3, 0.4) is 0 Å². The van der Waals surface area contributed by atoms with E-state index in [1.807, 2.05) is 6.07 Å². The van der Waals surface area contributed by atoms with Crippen molar-refractivity contribution in [3.8, 4) is 6.07 Å². The lowest BCUT2D eigenvalue weighted by atomic mass is 10.1. The van der Waals surface area contributed by atoms with Gasteiger partial charge >= 0.3 is 13.3 Å². The van der Waals surface area contributed by atoms with Crippen molar-refractivity contribution >= 4 is 7.60 Å². The van der Waals surface area contributed by atoms with Gasteiger partial charge in [-0.05, 0) is 26.0 Å². The fraction of sp³-hybridized carbons (Fsp3) is 0.417. The lowest BCUT2D eigenvalue weighted by molar-refractivity contribution is 0.0360. The normalized spacial score (nSPS) is 12.2. The predicted molar refractivity (Wildman–Crippen MR) is 65.9 cm³/mol. The van der Waals surface area contributed by atoms with Crippen LogP contribution >= 0.6 is 7.60 Å². The Morgan fingerprint density at radius 2 is 1.68 bits per heavy atom. The Morgan fingerprint density at radius 1 is 1.21 bits per heavy atom. The van der Waals surface area contributed by atoms with Crippen LogP contribution in [0.4, 0.5) is 8.78 Å². The van der Waals surface area contributed by atoms with Crippen molar-refractivity contribution in [2.75, 3.05) is 13.2 Å². The summed E-state index contributed by atoms with van der Waals surface area (Å²) in [6.07, 6.45) is 0. The fourth-order valence-electron chi connectivity index (χ4n) is 1.44. The van der Waals surface area contributed by atoms with E-state index in [0.717, 1.165) is 12.1 Å². The quantitative estimate of drug-likeness (QED) is 0.746. The second-order valence-electron chi connectivity index (χ2n) is 3.56. The Balaban J connectivity index is 3.18. The number of hydrogen-bond donors (Lipinski definition) is 0. The van der Waals surface area contributed by atoms with E-state index >= 15 is 0 Å². The third-order valence-electron chi connectivity index (χ3n) is 2.30. The Morgan fingerprint density at radius 3 is 2.05 bits per heavy atom. The predicted octanol–water partition coefficient (Wildman–Crippen LogP) is 3.87. The van der Waals surface area contributed by atoms with Crippen LogP contribution in [0.15, 0.2) is 24.3 Å². The minimum atomic E-state index is -4.58. The molecule has 0 atom stereocenters. The zero-order valence-corrected chi connectivity index (χ0v) is 11.5. The molecule has 0 spiro atoms. The van der Waals surface area contributed by atoms with Crippen LogP contribution in [0.25, 0.3) is 0 Å². The highest BCUT2D eigenvalue weighted by molar-refractivity contribution is 7.54. The molecule has 0 aliphatic carbocycles. The molecule has 0 aliphatic heterocycles. The number of nitrogens with zero attached hydrogens (tertiary/aromatic N) is 1. The van der Waals surface area contributed by atoms with E-state index in [-0.39, 0.29) is 18.8 Å². The Hall–Kier alpha value is -1.28. The molecular formula is C12H14F2NO3P. The van der Waals surface area contributed by atoms with Gasteiger partial charge in [-0.25, -0.2) is 0 Å². The van der Waals surface area contributed by atoms with E-state index < -0.39 is 18.8 Å². The molecule has 0 aliphatic rings. The molecule has 0 unspecified atom stereocenters. The third-order valence-corrected chi connectivity index (χ3v) is 4.45. The molecule has 0 saturated heterocycles. The van der Waals surface area contributed by atoms with Gasteiger partial charge < -0.3 is 9.05 Å². The first kappa shape index (κ1) is 15.8. The first-order valence-corrected chi connectivity index (χ1v) is 7.23. The van der Waals surface area contributed by atoms with E-state index in [4.69, 9.17) is 5.26 Å². The summed E-state index contributed by atoms with van der Waals surface area (Å²) in [6.45, 7) is 2.62. The zero-order chi connectivity index (χ0) is 14.5. The highest BCUT2D eigenvalue weighted by Crippen LogP contribution is 2.66. The molecule has 0 radical (unpaired) electrons. The van der Waals surface area contributed by atoms with Crippen molar-refractivity contribution in [1.29, 1.82) is 5.26 Å². The van der Waals surface area contributed by atoms with Crippen molar-refractivity contribution in [1.82, 2.24) is 0 Å². The Bertz CT molecular complexity index is 501. The first-order valence-electron chi connectivity index (χ1n) is 5.69. The van der Waals surface area contributed by atoms with Crippen molar-refractivity contribution in [3.05, 3.63) is 35.4 Å². The van der Waals surface area contributed by atoms with Gasteiger partial charge in [-0.15, -0.1) is 0 Å². The van der Waals surface area contributed by atoms with Gasteiger partial charge in [0, 0.05) is 5.56 Å². The highest BCUT2D eigenvalue weighted by atomic mass is 31.2. The third kappa shape index (κ3) is 3.19. The number of halogens is 2. The average molecular weight is 289 g/mol. The molecule has 1 rings (SSSR count). The largest absolute Gasteiger partial charge is 0.404 e. The highest BCUT2D eigenvalue weighted by Gasteiger charge is 2.54. The van der Waals surface area contributed by atoms with E-state index in [1.54, 1.807) is 0 Å². The molecule has 0 saturated carbocycles. The van der Waals surface area contributed by atoms with Crippen LogP contribution in [0.5, 0.6) is 0 Å². The van der Waals surface area contributed by atoms with Gasteiger partial charge in [-0.2, -0.15) is 14.0 Å². The average Bonchev–Trinajstić information content (AvgIpc) is 2.39. The number of hydrogen-bond acceptors (Lipinski definition) is 4. The van der Waals surface area contributed by atoms with E-state index in [9.17, 15) is 13.3 Å². The standard InChI is InChI=1S/C12H14F2NO3P/c1-3-17-19(16,18-4-2)12(13,14)11-7-5-10(9-15)6-8-11/h5-8H,3-4H2,1-2H3. The van der Waals surface area contributed by atoms with Crippen LogP contribution in [-0.2, 0) is 19.3 Å². The topological polar surface area (TPSA) is 59.3 Å². The van der Waals surface area contributed by atoms with Crippen molar-refractivity contribution in [2.24, 2.45) is 0 Å². The summed E-state index contributed by atoms with van der Waals surface area (Å²) in [7, 11) is -4.58. The molecule has 4 nitrogen and oxygen atoms in total. The van der Waals surface area contributed by atoms with Gasteiger partial charge in [0.25, 0.3) is 0 Å². The summed E-state index contributed by atoms with van der Waals surface area (Å²) in [6, 6.07) is 6.36. The minimum absolute atomic E-state index is 0.150. The van der Waals surface area contributed by atoms with Crippen molar-refractivity contribution in [2.45, 2.75) is 19.5 Å². The SMILES string of the molecule is CCOP(=O)(OCC)C(F)(F)c1ccc(C#N)cc1. The molecule has 7 heteroatoms. The first-order chi connectivity index (χ1) is 8.91. The summed E-state index contributed by atoms with van der Waals surface area (Å²) >= 11 is 0. The van der Waals surface area contributed by atoms with Crippen LogP contribution in [0.2, 0.25) is 0 Å². The van der Waals surface area contributed by atoms with E-state index in [0.29, 0.717) is 0 Å². The van der Waals surface area contributed by atoms with Gasteiger partial charge in [0.1, 0.15) is 0 Å². The van der Waals surface area contributed by atoms with Crippen LogP contribution in [-0.4, -0.2) is 13.2 Å². The summed E-state index contributed by atoms with van der Waals surface area (Å²) in [4.78, 5) is 0. The monoisotopic (exact) mass is 289 g/mol. The van der Waals surface area contributed by atoms with Crippen molar-refractivity contribution < 1.29 is 22.4 Å². The zero-order valence-electron chi connectivity index (χ0n) is 10.6. The lowest BCUT2D eigenvalue weighted by Crippen LogP contribution is -2.18. The van der Waals surface area contributed by atoms with Crippen LogP contribution < -0.4 is 0 Å². The smallest absolute Gasteiger partial charge is 0.304 e. The Kier molecular flexibility index (Phi) is 5.19. The van der Waals surface area contributed by atoms with Gasteiger partial charge in [0.2, 0.25) is 0 Å². The molecule has 1 aromatic carbocycles. The fourth-order valence-corrected chi connectivity index (χ4v) is 2.99. The molecule has 19 heavy (non-hydrogen) atoms. The number of benzene rings is 1. The number of alkyl halides is 2. The maximum absolute atomic E-state index is 14.2. The molecule has 0 N–H and O–H groups in total. The van der Waals surface area contributed by atoms with Gasteiger partial charge in [0.15, 0.2) is 0 Å². The van der Waals surface area contributed by atoms with Crippen LogP contribution in [0.1, 0.15) is 25.0 Å². The molecule has 1 aromatic rings. The molecule has 104 valence electrons. The van der Waals surface area contributed by atoms with Gasteiger partial charge in [0.05, 0.1) is 24.8 Å². The second kappa shape index (κ2) is 6.25. The van der Waals surface area contributed by atoms with E-state index in [1.165, 1.54) is 26.0 Å². The number of rotatable bonds is 6. The summed E-state index contributed by atoms with van der Waals surface area (Å²) in [5.74, 6) is 0. The van der Waals surface area contributed by atoms with Gasteiger partial charge in [-0.3, -0.25) is 4.57 Å². The van der Waals surface area contributed by atoms with Gasteiger partial charge in [-0.1, -0.05) is 12.1 Å².